The fourth-order valence-electron chi connectivity index (χ4n) is 6.30. The maximum absolute atomic E-state index is 13.3. The summed E-state index contributed by atoms with van der Waals surface area (Å²) in [4.78, 5) is 49.9. The molecule has 2 aliphatic rings. The topological polar surface area (TPSA) is 146 Å². The van der Waals surface area contributed by atoms with Crippen molar-refractivity contribution in [2.45, 2.75) is 50.9 Å². The maximum atomic E-state index is 13.3. The van der Waals surface area contributed by atoms with E-state index in [2.05, 4.69) is 72.1 Å². The number of likely N-dealkylation sites (tertiary alicyclic amines) is 2. The molecule has 0 bridgehead atoms. The molecule has 5 N–H and O–H groups in total. The molecule has 2 fully saturated rings. The summed E-state index contributed by atoms with van der Waals surface area (Å²) in [5.41, 5.74) is 9.08. The summed E-state index contributed by atoms with van der Waals surface area (Å²) in [5.74, 6) is -1.31. The molecular formula is C39H43FN8O3S2. The number of amides is 3. The van der Waals surface area contributed by atoms with Crippen LogP contribution in [-0.4, -0.2) is 75.8 Å². The lowest BCUT2D eigenvalue weighted by atomic mass is 10.0. The molecule has 4 heterocycles. The molecule has 3 aromatic carbocycles. The lowest BCUT2D eigenvalue weighted by Crippen LogP contribution is -2.44. The minimum atomic E-state index is -0.485. The zero-order chi connectivity index (χ0) is 37.0. The van der Waals surface area contributed by atoms with E-state index >= 15 is 0 Å². The highest BCUT2D eigenvalue weighted by atomic mass is 32.1. The number of nitrogen functional groups attached to an aromatic ring is 1. The van der Waals surface area contributed by atoms with Gasteiger partial charge in [-0.15, -0.1) is 22.7 Å². The first-order chi connectivity index (χ1) is 25.8. The number of anilines is 2. The number of aromatic nitrogens is 2. The van der Waals surface area contributed by atoms with Gasteiger partial charge in [-0.2, -0.15) is 0 Å². The summed E-state index contributed by atoms with van der Waals surface area (Å²) in [6.45, 7) is 5.74. The highest BCUT2D eigenvalue weighted by Crippen LogP contribution is 2.19. The van der Waals surface area contributed by atoms with Crippen molar-refractivity contribution < 1.29 is 18.8 Å². The molecule has 2 aromatic heterocycles. The lowest BCUT2D eigenvalue weighted by molar-refractivity contribution is 0.0896. The Bertz CT molecular complexity index is 1940. The van der Waals surface area contributed by atoms with Gasteiger partial charge in [-0.1, -0.05) is 66.7 Å². The molecule has 0 atom stereocenters. The van der Waals surface area contributed by atoms with Crippen LogP contribution >= 0.6 is 22.7 Å². The third kappa shape index (κ3) is 11.5. The van der Waals surface area contributed by atoms with Gasteiger partial charge < -0.3 is 16.4 Å². The van der Waals surface area contributed by atoms with E-state index in [0.717, 1.165) is 82.4 Å². The summed E-state index contributed by atoms with van der Waals surface area (Å²) in [7, 11) is 0. The fraction of sp³-hybridized carbons (Fsp3) is 0.308. The summed E-state index contributed by atoms with van der Waals surface area (Å²) in [5, 5.41) is 12.8. The quantitative estimate of drug-likeness (QED) is 0.135. The van der Waals surface area contributed by atoms with Crippen LogP contribution in [0.15, 0.2) is 95.7 Å². The van der Waals surface area contributed by atoms with Crippen LogP contribution < -0.4 is 21.7 Å². The monoisotopic (exact) mass is 754 g/mol. The van der Waals surface area contributed by atoms with Gasteiger partial charge in [0.25, 0.3) is 17.7 Å². The van der Waals surface area contributed by atoms with Crippen LogP contribution in [0.4, 0.5) is 14.7 Å². The van der Waals surface area contributed by atoms with E-state index in [1.807, 2.05) is 24.3 Å². The van der Waals surface area contributed by atoms with Crippen LogP contribution in [-0.2, 0) is 13.1 Å². The molecule has 0 spiro atoms. The van der Waals surface area contributed by atoms with Crippen LogP contribution in [0.3, 0.4) is 0 Å². The molecule has 53 heavy (non-hydrogen) atoms. The summed E-state index contributed by atoms with van der Waals surface area (Å²) in [6, 6.07) is 26.6. The first kappa shape index (κ1) is 37.7. The van der Waals surface area contributed by atoms with Crippen LogP contribution in [0, 0.1) is 5.82 Å². The summed E-state index contributed by atoms with van der Waals surface area (Å²) < 4.78 is 13.3. The number of nitrogens with one attached hydrogen (secondary N) is 3. The Morgan fingerprint density at radius 2 is 1.19 bits per heavy atom. The molecular weight excluding hydrogens is 712 g/mol. The molecule has 2 aliphatic heterocycles. The molecule has 0 unspecified atom stereocenters. The Kier molecular flexibility index (Phi) is 13.3. The van der Waals surface area contributed by atoms with Gasteiger partial charge in [-0.3, -0.25) is 29.5 Å². The first-order valence-electron chi connectivity index (χ1n) is 17.6. The number of thiazole rings is 2. The van der Waals surface area contributed by atoms with Gasteiger partial charge in [0, 0.05) is 67.7 Å². The molecule has 0 radical (unpaired) electrons. The molecule has 11 nitrogen and oxygen atoms in total. The van der Waals surface area contributed by atoms with Gasteiger partial charge in [0.1, 0.15) is 17.2 Å². The molecule has 14 heteroatoms. The predicted molar refractivity (Wildman–Crippen MR) is 207 cm³/mol. The van der Waals surface area contributed by atoms with Gasteiger partial charge in [-0.25, -0.2) is 14.4 Å². The van der Waals surface area contributed by atoms with E-state index in [0.29, 0.717) is 16.0 Å². The predicted octanol–water partition coefficient (Wildman–Crippen LogP) is 6.05. The molecule has 0 aliphatic carbocycles. The van der Waals surface area contributed by atoms with Crippen molar-refractivity contribution in [1.29, 1.82) is 0 Å². The smallest absolute Gasteiger partial charge is 0.271 e. The molecule has 7 rings (SSSR count). The maximum Gasteiger partial charge on any atom is 0.271 e. The fourth-order valence-corrected chi connectivity index (χ4v) is 7.53. The molecule has 0 saturated carbocycles. The first-order valence-corrected chi connectivity index (χ1v) is 19.4. The lowest BCUT2D eigenvalue weighted by Gasteiger charge is -2.32. The number of carbonyl (C=O) groups excluding carboxylic acids is 3. The number of carbonyl (C=O) groups is 3. The van der Waals surface area contributed by atoms with Gasteiger partial charge in [0.05, 0.1) is 0 Å². The number of hydrogen-bond acceptors (Lipinski definition) is 10. The summed E-state index contributed by atoms with van der Waals surface area (Å²) >= 11 is 2.46. The Labute approximate surface area is 316 Å². The standard InChI is InChI=1S/C23H23FN4O2S.C16H20N4OS/c24-18-8-4-7-17(13-18)21(29)27-23-26-20(15-31-23)22(30)25-19-9-11-28(12-10-19)14-16-5-2-1-3-6-16;17-16-19-14(11-22-16)15(21)18-13-6-8-20(9-7-13)10-12-4-2-1-3-5-12/h1-8,13,15,19H,9-12,14H2,(H,25,30)(H,26,27,29);1-5,11,13H,6-10H2,(H2,17,19)(H,18,21). The zero-order valence-electron chi connectivity index (χ0n) is 29.2. The van der Waals surface area contributed by atoms with E-state index in [4.69, 9.17) is 5.73 Å². The SMILES string of the molecule is Nc1nc(C(=O)NC2CCN(Cc3ccccc3)CC2)cs1.O=C(Nc1nc(C(=O)NC2CCN(Cc3ccccc3)CC2)cs1)c1cccc(F)c1. The third-order valence-corrected chi connectivity index (χ3v) is 10.6. The van der Waals surface area contributed by atoms with E-state index in [9.17, 15) is 18.8 Å². The summed E-state index contributed by atoms with van der Waals surface area (Å²) in [6.07, 6.45) is 3.70. The second-order valence-electron chi connectivity index (χ2n) is 13.1. The number of benzene rings is 3. The average Bonchev–Trinajstić information content (AvgIpc) is 3.84. The van der Waals surface area contributed by atoms with Crippen molar-refractivity contribution in [2.24, 2.45) is 0 Å². The normalized spacial score (nSPS) is 15.6. The van der Waals surface area contributed by atoms with Crippen LogP contribution in [0.2, 0.25) is 0 Å². The Balaban J connectivity index is 0.000000192. The average molecular weight is 755 g/mol. The minimum absolute atomic E-state index is 0.103. The zero-order valence-corrected chi connectivity index (χ0v) is 30.9. The molecule has 276 valence electrons. The van der Waals surface area contributed by atoms with E-state index < -0.39 is 11.7 Å². The van der Waals surface area contributed by atoms with Crippen molar-refractivity contribution in [2.75, 3.05) is 37.2 Å². The van der Waals surface area contributed by atoms with Crippen molar-refractivity contribution in [3.8, 4) is 0 Å². The number of halogens is 1. The van der Waals surface area contributed by atoms with E-state index in [-0.39, 0.29) is 35.2 Å². The number of nitrogens with zero attached hydrogens (tertiary/aromatic N) is 4. The van der Waals surface area contributed by atoms with Crippen LogP contribution in [0.5, 0.6) is 0 Å². The Morgan fingerprint density at radius 1 is 0.679 bits per heavy atom. The van der Waals surface area contributed by atoms with Gasteiger partial charge in [-0.05, 0) is 55.0 Å². The van der Waals surface area contributed by atoms with E-state index in [1.54, 1.807) is 10.8 Å². The number of hydrogen-bond donors (Lipinski definition) is 4. The number of piperidine rings is 2. The number of nitrogens with two attached hydrogens (primary N) is 1. The van der Waals surface area contributed by atoms with Gasteiger partial charge in [0.15, 0.2) is 10.3 Å². The van der Waals surface area contributed by atoms with Crippen molar-refractivity contribution >= 4 is 50.7 Å². The van der Waals surface area contributed by atoms with Crippen molar-refractivity contribution in [1.82, 2.24) is 30.4 Å². The van der Waals surface area contributed by atoms with E-state index in [1.165, 1.54) is 40.7 Å². The second kappa shape index (κ2) is 18.6. The molecule has 5 aromatic rings. The Hall–Kier alpha value is -5.02. The largest absolute Gasteiger partial charge is 0.375 e. The molecule has 3 amide bonds. The van der Waals surface area contributed by atoms with Gasteiger partial charge in [0.2, 0.25) is 0 Å². The highest BCUT2D eigenvalue weighted by molar-refractivity contribution is 7.14. The van der Waals surface area contributed by atoms with Crippen molar-refractivity contribution in [3.63, 3.8) is 0 Å². The third-order valence-electron chi connectivity index (χ3n) is 9.14. The van der Waals surface area contributed by atoms with Crippen LogP contribution in [0.25, 0.3) is 0 Å². The van der Waals surface area contributed by atoms with Gasteiger partial charge >= 0.3 is 0 Å². The Morgan fingerprint density at radius 3 is 1.68 bits per heavy atom. The van der Waals surface area contributed by atoms with Crippen molar-refractivity contribution in [3.05, 3.63) is 130 Å². The minimum Gasteiger partial charge on any atom is -0.375 e. The molecule has 2 saturated heterocycles. The second-order valence-corrected chi connectivity index (χ2v) is 14.8. The number of rotatable bonds is 10. The highest BCUT2D eigenvalue weighted by Gasteiger charge is 2.24. The van der Waals surface area contributed by atoms with Crippen LogP contribution in [0.1, 0.15) is 68.1 Å².